The molecule has 0 radical (unpaired) electrons. The van der Waals surface area contributed by atoms with Crippen LogP contribution in [0.3, 0.4) is 0 Å². The van der Waals surface area contributed by atoms with Crippen LogP contribution in [0, 0.1) is 5.92 Å². The van der Waals surface area contributed by atoms with E-state index in [1.54, 1.807) is 7.11 Å². The molecule has 1 aliphatic rings. The number of aliphatic hydroxyl groups is 1. The maximum Gasteiger partial charge on any atom is 0.0621 e. The molecule has 1 aliphatic carbocycles. The summed E-state index contributed by atoms with van der Waals surface area (Å²) in [5.41, 5.74) is 0. The van der Waals surface area contributed by atoms with Crippen LogP contribution in [0.15, 0.2) is 0 Å². The minimum atomic E-state index is 0.290. The molecule has 0 bridgehead atoms. The fourth-order valence-corrected chi connectivity index (χ4v) is 1.06. The Bertz CT molecular complexity index is 58.9. The zero-order chi connectivity index (χ0) is 5.98. The Balaban J connectivity index is 2.16. The quantitative estimate of drug-likeness (QED) is 0.566. The molecule has 0 aliphatic heterocycles. The van der Waals surface area contributed by atoms with Gasteiger partial charge in [-0.3, -0.25) is 0 Å². The number of ether oxygens (including phenoxy) is 1. The predicted molar refractivity (Wildman–Crippen MR) is 30.6 cm³/mol. The Morgan fingerprint density at radius 1 is 1.62 bits per heavy atom. The number of aliphatic hydroxyl groups excluding tert-OH is 1. The van der Waals surface area contributed by atoms with E-state index < -0.39 is 0 Å². The van der Waals surface area contributed by atoms with Crippen molar-refractivity contribution in [1.82, 2.24) is 0 Å². The molecule has 1 saturated carbocycles. The molecule has 0 aromatic heterocycles. The lowest BCUT2D eigenvalue weighted by atomic mass is 9.83. The third kappa shape index (κ3) is 0.858. The molecular formula is C6H12O2. The summed E-state index contributed by atoms with van der Waals surface area (Å²) in [4.78, 5) is 0. The fraction of sp³-hybridized carbons (Fsp3) is 1.00. The Morgan fingerprint density at radius 3 is 2.50 bits per heavy atom. The molecule has 2 heteroatoms. The van der Waals surface area contributed by atoms with Gasteiger partial charge in [-0.2, -0.15) is 0 Å². The standard InChI is InChI=1S/C6H12O2/c1-8-6-3-2-5(6)4-7/h5-7H,2-4H2,1H3. The molecule has 0 heterocycles. The van der Waals surface area contributed by atoms with Crippen molar-refractivity contribution in [2.24, 2.45) is 5.92 Å². The van der Waals surface area contributed by atoms with Crippen molar-refractivity contribution in [3.8, 4) is 0 Å². The maximum absolute atomic E-state index is 8.61. The summed E-state index contributed by atoms with van der Waals surface area (Å²) < 4.78 is 5.03. The number of hydrogen-bond acceptors (Lipinski definition) is 2. The van der Waals surface area contributed by atoms with Gasteiger partial charge in [0.25, 0.3) is 0 Å². The van der Waals surface area contributed by atoms with Crippen LogP contribution in [-0.4, -0.2) is 24.9 Å². The van der Waals surface area contributed by atoms with Crippen molar-refractivity contribution in [2.45, 2.75) is 18.9 Å². The zero-order valence-electron chi connectivity index (χ0n) is 5.13. The van der Waals surface area contributed by atoms with Gasteiger partial charge in [0, 0.05) is 19.6 Å². The molecule has 2 unspecified atom stereocenters. The van der Waals surface area contributed by atoms with Crippen molar-refractivity contribution in [3.05, 3.63) is 0 Å². The lowest BCUT2D eigenvalue weighted by molar-refractivity contribution is -0.0389. The Morgan fingerprint density at radius 2 is 2.38 bits per heavy atom. The van der Waals surface area contributed by atoms with Gasteiger partial charge in [-0.25, -0.2) is 0 Å². The van der Waals surface area contributed by atoms with Gasteiger partial charge in [0.1, 0.15) is 0 Å². The van der Waals surface area contributed by atoms with Crippen LogP contribution in [0.25, 0.3) is 0 Å². The largest absolute Gasteiger partial charge is 0.396 e. The number of hydrogen-bond donors (Lipinski definition) is 1. The first kappa shape index (κ1) is 6.05. The van der Waals surface area contributed by atoms with E-state index in [0.717, 1.165) is 12.8 Å². The third-order valence-corrected chi connectivity index (χ3v) is 1.89. The van der Waals surface area contributed by atoms with E-state index in [4.69, 9.17) is 9.84 Å². The van der Waals surface area contributed by atoms with Gasteiger partial charge >= 0.3 is 0 Å². The highest BCUT2D eigenvalue weighted by Crippen LogP contribution is 2.28. The van der Waals surface area contributed by atoms with Gasteiger partial charge in [0.05, 0.1) is 6.10 Å². The molecule has 8 heavy (non-hydrogen) atoms. The van der Waals surface area contributed by atoms with Crippen LogP contribution in [0.2, 0.25) is 0 Å². The van der Waals surface area contributed by atoms with E-state index in [1.165, 1.54) is 0 Å². The second-order valence-electron chi connectivity index (χ2n) is 2.29. The summed E-state index contributed by atoms with van der Waals surface area (Å²) in [6, 6.07) is 0. The van der Waals surface area contributed by atoms with Crippen LogP contribution in [0.4, 0.5) is 0 Å². The van der Waals surface area contributed by atoms with E-state index >= 15 is 0 Å². The van der Waals surface area contributed by atoms with Crippen LogP contribution in [0.5, 0.6) is 0 Å². The van der Waals surface area contributed by atoms with Crippen molar-refractivity contribution in [3.63, 3.8) is 0 Å². The number of rotatable bonds is 2. The van der Waals surface area contributed by atoms with Gasteiger partial charge in [0.2, 0.25) is 0 Å². The van der Waals surface area contributed by atoms with Gasteiger partial charge in [-0.15, -0.1) is 0 Å². The van der Waals surface area contributed by atoms with Crippen LogP contribution >= 0.6 is 0 Å². The average Bonchev–Trinajstić information content (AvgIpc) is 1.66. The lowest BCUT2D eigenvalue weighted by Crippen LogP contribution is -2.35. The Labute approximate surface area is 49.5 Å². The van der Waals surface area contributed by atoms with Crippen LogP contribution < -0.4 is 0 Å². The molecule has 1 N–H and O–H groups in total. The maximum atomic E-state index is 8.61. The normalized spacial score (nSPS) is 36.8. The highest BCUT2D eigenvalue weighted by molar-refractivity contribution is 4.80. The lowest BCUT2D eigenvalue weighted by Gasteiger charge is -2.33. The van der Waals surface area contributed by atoms with Gasteiger partial charge < -0.3 is 9.84 Å². The molecular weight excluding hydrogens is 104 g/mol. The molecule has 0 amide bonds. The van der Waals surface area contributed by atoms with E-state index in [2.05, 4.69) is 0 Å². The second kappa shape index (κ2) is 2.46. The Hall–Kier alpha value is -0.0800. The van der Waals surface area contributed by atoms with Crippen molar-refractivity contribution in [1.29, 1.82) is 0 Å². The summed E-state index contributed by atoms with van der Waals surface area (Å²) in [7, 11) is 1.70. The Kier molecular flexibility index (Phi) is 1.86. The first-order valence-corrected chi connectivity index (χ1v) is 3.02. The first-order chi connectivity index (χ1) is 3.88. The molecule has 1 rings (SSSR count). The van der Waals surface area contributed by atoms with Crippen molar-refractivity contribution < 1.29 is 9.84 Å². The van der Waals surface area contributed by atoms with Crippen molar-refractivity contribution in [2.75, 3.05) is 13.7 Å². The summed E-state index contributed by atoms with van der Waals surface area (Å²) in [6.45, 7) is 0.290. The molecule has 48 valence electrons. The summed E-state index contributed by atoms with van der Waals surface area (Å²) in [6.07, 6.45) is 2.61. The molecule has 1 fully saturated rings. The number of methoxy groups -OCH3 is 1. The highest BCUT2D eigenvalue weighted by atomic mass is 16.5. The summed E-state index contributed by atoms with van der Waals surface area (Å²) in [5, 5.41) is 8.61. The third-order valence-electron chi connectivity index (χ3n) is 1.89. The van der Waals surface area contributed by atoms with E-state index in [0.29, 0.717) is 18.6 Å². The zero-order valence-corrected chi connectivity index (χ0v) is 5.13. The molecule has 0 spiro atoms. The van der Waals surface area contributed by atoms with Crippen molar-refractivity contribution >= 4 is 0 Å². The summed E-state index contributed by atoms with van der Waals surface area (Å²) in [5.74, 6) is 0.431. The molecule has 0 saturated heterocycles. The van der Waals surface area contributed by atoms with Gasteiger partial charge in [-0.05, 0) is 12.8 Å². The predicted octanol–water partition coefficient (Wildman–Crippen LogP) is 0.404. The molecule has 0 aromatic carbocycles. The second-order valence-corrected chi connectivity index (χ2v) is 2.29. The van der Waals surface area contributed by atoms with Crippen LogP contribution in [0.1, 0.15) is 12.8 Å². The topological polar surface area (TPSA) is 29.5 Å². The SMILES string of the molecule is COC1CCC1CO. The summed E-state index contributed by atoms with van der Waals surface area (Å²) >= 11 is 0. The molecule has 2 atom stereocenters. The average molecular weight is 116 g/mol. The minimum Gasteiger partial charge on any atom is -0.396 e. The first-order valence-electron chi connectivity index (χ1n) is 3.02. The highest BCUT2D eigenvalue weighted by Gasteiger charge is 2.29. The van der Waals surface area contributed by atoms with Gasteiger partial charge in [-0.1, -0.05) is 0 Å². The smallest absolute Gasteiger partial charge is 0.0621 e. The van der Waals surface area contributed by atoms with Gasteiger partial charge in [0.15, 0.2) is 0 Å². The fourth-order valence-electron chi connectivity index (χ4n) is 1.06. The van der Waals surface area contributed by atoms with E-state index in [9.17, 15) is 0 Å². The van der Waals surface area contributed by atoms with E-state index in [-0.39, 0.29) is 0 Å². The van der Waals surface area contributed by atoms with Crippen LogP contribution in [-0.2, 0) is 4.74 Å². The minimum absolute atomic E-state index is 0.290. The molecule has 2 nitrogen and oxygen atoms in total. The molecule has 0 aromatic rings. The van der Waals surface area contributed by atoms with E-state index in [1.807, 2.05) is 0 Å². The monoisotopic (exact) mass is 116 g/mol.